The average molecular weight is 359 g/mol. The van der Waals surface area contributed by atoms with Gasteiger partial charge in [0.15, 0.2) is 6.61 Å². The summed E-state index contributed by atoms with van der Waals surface area (Å²) in [4.78, 5) is 36.8. The lowest BCUT2D eigenvalue weighted by atomic mass is 10.0. The number of nitrogens with two attached hydrogens (primary N) is 1. The number of nitro groups is 1. The molecule has 8 heteroatoms. The van der Waals surface area contributed by atoms with Crippen LogP contribution in [0, 0.1) is 10.1 Å². The molecule has 0 saturated heterocycles. The van der Waals surface area contributed by atoms with Crippen LogP contribution in [-0.4, -0.2) is 34.3 Å². The number of benzene rings is 1. The van der Waals surface area contributed by atoms with Crippen molar-refractivity contribution in [3.63, 3.8) is 0 Å². The Morgan fingerprint density at radius 1 is 1.31 bits per heavy atom. The molecule has 1 aromatic carbocycles. The lowest BCUT2D eigenvalue weighted by Crippen LogP contribution is -2.36. The molecular formula is C18H21N3O5. The smallest absolute Gasteiger partial charge is 0.341 e. The molecule has 0 radical (unpaired) electrons. The molecule has 1 amide bonds. The fourth-order valence-corrected chi connectivity index (χ4v) is 3.08. The second-order valence-electron chi connectivity index (χ2n) is 6.54. The maximum Gasteiger partial charge on any atom is 0.341 e. The van der Waals surface area contributed by atoms with Gasteiger partial charge in [-0.15, -0.1) is 0 Å². The summed E-state index contributed by atoms with van der Waals surface area (Å²) in [5.41, 5.74) is 6.42. The number of non-ortho nitro benzene ring substituents is 1. The zero-order valence-corrected chi connectivity index (χ0v) is 14.3. The van der Waals surface area contributed by atoms with E-state index in [1.807, 2.05) is 0 Å². The summed E-state index contributed by atoms with van der Waals surface area (Å²) in [5.74, 6) is -1.11. The summed E-state index contributed by atoms with van der Waals surface area (Å²) >= 11 is 0. The van der Waals surface area contributed by atoms with Crippen LogP contribution in [0.25, 0.3) is 0 Å². The molecule has 8 nitrogen and oxygen atoms in total. The molecular weight excluding hydrogens is 338 g/mol. The highest BCUT2D eigenvalue weighted by Gasteiger charge is 2.35. The molecule has 2 aliphatic rings. The zero-order chi connectivity index (χ0) is 18.7. The Kier molecular flexibility index (Phi) is 5.20. The number of nitro benzene ring substituents is 1. The first-order chi connectivity index (χ1) is 12.5. The largest absolute Gasteiger partial charge is 0.452 e. The van der Waals surface area contributed by atoms with E-state index in [1.54, 1.807) is 4.90 Å². The Bertz CT molecular complexity index is 770. The van der Waals surface area contributed by atoms with Gasteiger partial charge in [0.05, 0.1) is 10.5 Å². The van der Waals surface area contributed by atoms with E-state index in [0.717, 1.165) is 50.3 Å². The van der Waals surface area contributed by atoms with Gasteiger partial charge in [-0.2, -0.15) is 0 Å². The normalized spacial score (nSPS) is 16.5. The number of anilines is 1. The Balaban J connectivity index is 1.66. The highest BCUT2D eigenvalue weighted by atomic mass is 16.6. The van der Waals surface area contributed by atoms with E-state index >= 15 is 0 Å². The van der Waals surface area contributed by atoms with Gasteiger partial charge in [0.2, 0.25) is 0 Å². The molecule has 138 valence electrons. The van der Waals surface area contributed by atoms with E-state index in [9.17, 15) is 19.7 Å². The number of carbonyl (C=O) groups is 2. The molecule has 26 heavy (non-hydrogen) atoms. The molecule has 0 unspecified atom stereocenters. The number of rotatable bonds is 6. The van der Waals surface area contributed by atoms with E-state index in [4.69, 9.17) is 10.5 Å². The SMILES string of the molecule is Nc1ccc([N+](=O)[O-])cc1C(=O)OCC(=O)N(C1=CCCCC1)C1CC1. The molecule has 0 aliphatic heterocycles. The van der Waals surface area contributed by atoms with Crippen molar-refractivity contribution in [2.75, 3.05) is 12.3 Å². The quantitative estimate of drug-likeness (QED) is 0.361. The predicted octanol–water partition coefficient (Wildman–Crippen LogP) is 2.78. The molecule has 3 rings (SSSR count). The summed E-state index contributed by atoms with van der Waals surface area (Å²) in [6.45, 7) is -0.408. The highest BCUT2D eigenvalue weighted by molar-refractivity contribution is 5.97. The Labute approximate surface area is 150 Å². The van der Waals surface area contributed by atoms with Crippen LogP contribution >= 0.6 is 0 Å². The molecule has 1 fully saturated rings. The number of carbonyl (C=O) groups excluding carboxylic acids is 2. The molecule has 0 spiro atoms. The number of allylic oxidation sites excluding steroid dienone is 2. The molecule has 1 saturated carbocycles. The van der Waals surface area contributed by atoms with E-state index in [-0.39, 0.29) is 28.9 Å². The third-order valence-corrected chi connectivity index (χ3v) is 4.55. The van der Waals surface area contributed by atoms with Crippen molar-refractivity contribution >= 4 is 23.3 Å². The predicted molar refractivity (Wildman–Crippen MR) is 94.2 cm³/mol. The molecule has 1 aromatic rings. The number of amides is 1. The Morgan fingerprint density at radius 2 is 2.08 bits per heavy atom. The average Bonchev–Trinajstić information content (AvgIpc) is 3.46. The molecule has 0 heterocycles. The first-order valence-corrected chi connectivity index (χ1v) is 8.69. The van der Waals surface area contributed by atoms with E-state index in [2.05, 4.69) is 6.08 Å². The number of hydrogen-bond acceptors (Lipinski definition) is 6. The fraction of sp³-hybridized carbons (Fsp3) is 0.444. The second-order valence-corrected chi connectivity index (χ2v) is 6.54. The summed E-state index contributed by atoms with van der Waals surface area (Å²) in [7, 11) is 0. The van der Waals surface area contributed by atoms with Crippen LogP contribution in [0.15, 0.2) is 30.0 Å². The van der Waals surface area contributed by atoms with Crippen LogP contribution in [0.3, 0.4) is 0 Å². The van der Waals surface area contributed by atoms with Crippen molar-refractivity contribution in [1.29, 1.82) is 0 Å². The second kappa shape index (κ2) is 7.55. The van der Waals surface area contributed by atoms with Crippen LogP contribution in [0.2, 0.25) is 0 Å². The number of ether oxygens (including phenoxy) is 1. The Hall–Kier alpha value is -2.90. The third-order valence-electron chi connectivity index (χ3n) is 4.55. The van der Waals surface area contributed by atoms with Crippen LogP contribution < -0.4 is 5.73 Å². The Morgan fingerprint density at radius 3 is 2.69 bits per heavy atom. The van der Waals surface area contributed by atoms with Crippen molar-refractivity contribution in [2.45, 2.75) is 44.6 Å². The number of nitrogen functional groups attached to an aromatic ring is 1. The molecule has 2 N–H and O–H groups in total. The number of nitrogens with zero attached hydrogens (tertiary/aromatic N) is 2. The van der Waals surface area contributed by atoms with Gasteiger partial charge >= 0.3 is 5.97 Å². The fourth-order valence-electron chi connectivity index (χ4n) is 3.08. The third kappa shape index (κ3) is 4.01. The minimum atomic E-state index is -0.840. The first-order valence-electron chi connectivity index (χ1n) is 8.69. The van der Waals surface area contributed by atoms with Crippen molar-refractivity contribution in [2.24, 2.45) is 0 Å². The monoisotopic (exact) mass is 359 g/mol. The topological polar surface area (TPSA) is 116 Å². The van der Waals surface area contributed by atoms with Crippen molar-refractivity contribution in [1.82, 2.24) is 4.90 Å². The van der Waals surface area contributed by atoms with Gasteiger partial charge in [-0.05, 0) is 44.6 Å². The van der Waals surface area contributed by atoms with Gasteiger partial charge in [-0.25, -0.2) is 4.79 Å². The van der Waals surface area contributed by atoms with Crippen molar-refractivity contribution in [3.05, 3.63) is 45.6 Å². The van der Waals surface area contributed by atoms with Gasteiger partial charge in [0.25, 0.3) is 11.6 Å². The minimum absolute atomic E-state index is 0.0714. The van der Waals surface area contributed by atoms with Crippen molar-refractivity contribution in [3.8, 4) is 0 Å². The van der Waals surface area contributed by atoms with E-state index < -0.39 is 17.5 Å². The molecule has 0 atom stereocenters. The van der Waals surface area contributed by atoms with Crippen LogP contribution in [0.5, 0.6) is 0 Å². The maximum absolute atomic E-state index is 12.6. The molecule has 0 aromatic heterocycles. The van der Waals surface area contributed by atoms with Gasteiger partial charge in [-0.1, -0.05) is 6.08 Å². The van der Waals surface area contributed by atoms with Crippen LogP contribution in [0.1, 0.15) is 48.9 Å². The number of esters is 1. The van der Waals surface area contributed by atoms with Gasteiger partial charge in [0.1, 0.15) is 0 Å². The standard InChI is InChI=1S/C18H21N3O5/c19-16-9-8-14(21(24)25)10-15(16)18(23)26-11-17(22)20(13-6-7-13)12-4-2-1-3-5-12/h4,8-10,13H,1-3,5-7,11,19H2. The summed E-state index contributed by atoms with van der Waals surface area (Å²) in [6, 6.07) is 3.74. The summed E-state index contributed by atoms with van der Waals surface area (Å²) in [6.07, 6.45) is 7.97. The minimum Gasteiger partial charge on any atom is -0.452 e. The first kappa shape index (κ1) is 17.9. The van der Waals surface area contributed by atoms with Gasteiger partial charge < -0.3 is 15.4 Å². The highest BCUT2D eigenvalue weighted by Crippen LogP contribution is 2.33. The summed E-state index contributed by atoms with van der Waals surface area (Å²) < 4.78 is 5.10. The maximum atomic E-state index is 12.6. The van der Waals surface area contributed by atoms with E-state index in [0.29, 0.717) is 0 Å². The lowest BCUT2D eigenvalue weighted by Gasteiger charge is -2.27. The lowest BCUT2D eigenvalue weighted by molar-refractivity contribution is -0.384. The van der Waals surface area contributed by atoms with Crippen LogP contribution in [-0.2, 0) is 9.53 Å². The van der Waals surface area contributed by atoms with Gasteiger partial charge in [-0.3, -0.25) is 14.9 Å². The van der Waals surface area contributed by atoms with Gasteiger partial charge in [0, 0.05) is 29.6 Å². The number of hydrogen-bond donors (Lipinski definition) is 1. The molecule has 0 bridgehead atoms. The molecule has 2 aliphatic carbocycles. The van der Waals surface area contributed by atoms with E-state index in [1.165, 1.54) is 12.1 Å². The summed E-state index contributed by atoms with van der Waals surface area (Å²) in [5, 5.41) is 10.8. The zero-order valence-electron chi connectivity index (χ0n) is 14.3. The van der Waals surface area contributed by atoms with Crippen LogP contribution in [0.4, 0.5) is 11.4 Å². The van der Waals surface area contributed by atoms with Crippen molar-refractivity contribution < 1.29 is 19.2 Å².